The van der Waals surface area contributed by atoms with Crippen molar-refractivity contribution in [3.63, 3.8) is 0 Å². The first-order valence-corrected chi connectivity index (χ1v) is 8.54. The van der Waals surface area contributed by atoms with Crippen molar-refractivity contribution < 1.29 is 21.6 Å². The van der Waals surface area contributed by atoms with Gasteiger partial charge in [0.2, 0.25) is 10.0 Å². The van der Waals surface area contributed by atoms with Crippen LogP contribution in [0.4, 0.5) is 13.2 Å². The Morgan fingerprint density at radius 2 is 1.86 bits per heavy atom. The van der Waals surface area contributed by atoms with Gasteiger partial charge in [-0.25, -0.2) is 8.42 Å². The Balaban J connectivity index is 3.29. The molecule has 4 nitrogen and oxygen atoms in total. The van der Waals surface area contributed by atoms with E-state index in [0.717, 1.165) is 6.20 Å². The summed E-state index contributed by atoms with van der Waals surface area (Å²) in [5.74, 6) is 0. The first kappa shape index (κ1) is 18.4. The van der Waals surface area contributed by atoms with Crippen molar-refractivity contribution in [3.8, 4) is 0 Å². The second-order valence-corrected chi connectivity index (χ2v) is 7.28. The van der Waals surface area contributed by atoms with Crippen molar-refractivity contribution in [3.05, 3.63) is 22.9 Å². The summed E-state index contributed by atoms with van der Waals surface area (Å²) in [6, 6.07) is 0.532. The first-order chi connectivity index (χ1) is 9.61. The van der Waals surface area contributed by atoms with Gasteiger partial charge in [0, 0.05) is 22.9 Å². The van der Waals surface area contributed by atoms with Crippen LogP contribution in [-0.2, 0) is 10.0 Å². The molecule has 0 amide bonds. The van der Waals surface area contributed by atoms with E-state index in [2.05, 4.69) is 20.9 Å². The Hall–Kier alpha value is -0.670. The van der Waals surface area contributed by atoms with Crippen molar-refractivity contribution in [2.45, 2.75) is 43.8 Å². The van der Waals surface area contributed by atoms with Crippen molar-refractivity contribution in [2.75, 3.05) is 6.54 Å². The molecule has 0 aliphatic rings. The number of pyridine rings is 1. The molecule has 0 unspecified atom stereocenters. The summed E-state index contributed by atoms with van der Waals surface area (Å²) >= 11 is 3.07. The summed E-state index contributed by atoms with van der Waals surface area (Å²) in [6.07, 6.45) is -1.59. The van der Waals surface area contributed by atoms with E-state index in [4.69, 9.17) is 0 Å². The SMILES string of the molecule is CCC(CC)N(CC(F)(F)F)S(=O)(=O)c1cncc(Br)c1. The molecule has 21 heavy (non-hydrogen) atoms. The quantitative estimate of drug-likeness (QED) is 0.747. The zero-order valence-electron chi connectivity index (χ0n) is 11.6. The second-order valence-electron chi connectivity index (χ2n) is 4.47. The molecule has 1 heterocycles. The molecule has 0 saturated heterocycles. The highest BCUT2D eigenvalue weighted by molar-refractivity contribution is 9.10. The molecule has 0 N–H and O–H groups in total. The lowest BCUT2D eigenvalue weighted by Crippen LogP contribution is -2.45. The van der Waals surface area contributed by atoms with E-state index >= 15 is 0 Å². The van der Waals surface area contributed by atoms with Gasteiger partial charge in [-0.1, -0.05) is 13.8 Å². The van der Waals surface area contributed by atoms with Crippen LogP contribution in [0, 0.1) is 0 Å². The molecule has 1 aromatic rings. The van der Waals surface area contributed by atoms with Gasteiger partial charge in [0.05, 0.1) is 0 Å². The predicted molar refractivity (Wildman–Crippen MR) is 76.3 cm³/mol. The van der Waals surface area contributed by atoms with E-state index in [-0.39, 0.29) is 4.90 Å². The predicted octanol–water partition coefficient (Wildman–Crippen LogP) is 3.59. The van der Waals surface area contributed by atoms with E-state index in [0.29, 0.717) is 21.6 Å². The number of aromatic nitrogens is 1. The van der Waals surface area contributed by atoms with E-state index in [1.807, 2.05) is 0 Å². The molecule has 0 spiro atoms. The Labute approximate surface area is 130 Å². The van der Waals surface area contributed by atoms with Crippen LogP contribution in [0.3, 0.4) is 0 Å². The maximum absolute atomic E-state index is 12.7. The van der Waals surface area contributed by atoms with E-state index in [1.165, 1.54) is 12.3 Å². The fourth-order valence-electron chi connectivity index (χ4n) is 1.95. The molecular weight excluding hydrogens is 373 g/mol. The third-order valence-electron chi connectivity index (χ3n) is 2.97. The molecule has 0 aromatic carbocycles. The Bertz CT molecular complexity index is 574. The zero-order chi connectivity index (χ0) is 16.3. The van der Waals surface area contributed by atoms with Gasteiger partial charge in [0.1, 0.15) is 11.4 Å². The molecular formula is C12H16BrF3N2O2S. The normalized spacial score (nSPS) is 13.1. The number of alkyl halides is 3. The topological polar surface area (TPSA) is 50.3 Å². The summed E-state index contributed by atoms with van der Waals surface area (Å²) in [4.78, 5) is 3.45. The van der Waals surface area contributed by atoms with Gasteiger partial charge in [0.15, 0.2) is 0 Å². The highest BCUT2D eigenvalue weighted by atomic mass is 79.9. The van der Waals surface area contributed by atoms with Crippen LogP contribution in [0.15, 0.2) is 27.8 Å². The minimum Gasteiger partial charge on any atom is -0.262 e. The Kier molecular flexibility index (Phi) is 6.18. The summed E-state index contributed by atoms with van der Waals surface area (Å²) in [5.41, 5.74) is 0. The largest absolute Gasteiger partial charge is 0.402 e. The van der Waals surface area contributed by atoms with E-state index in [1.54, 1.807) is 13.8 Å². The molecule has 0 radical (unpaired) electrons. The highest BCUT2D eigenvalue weighted by Crippen LogP contribution is 2.27. The van der Waals surface area contributed by atoms with Gasteiger partial charge < -0.3 is 0 Å². The zero-order valence-corrected chi connectivity index (χ0v) is 14.0. The number of nitrogens with zero attached hydrogens (tertiary/aromatic N) is 2. The smallest absolute Gasteiger partial charge is 0.262 e. The molecule has 0 bridgehead atoms. The second kappa shape index (κ2) is 7.06. The standard InChI is InChI=1S/C12H16BrF3N2O2S/c1-3-10(4-2)18(8-12(14,15)16)21(19,20)11-5-9(13)6-17-7-11/h5-7,10H,3-4,8H2,1-2H3. The summed E-state index contributed by atoms with van der Waals surface area (Å²) < 4.78 is 64.1. The molecule has 0 fully saturated rings. The lowest BCUT2D eigenvalue weighted by molar-refractivity contribution is -0.139. The van der Waals surface area contributed by atoms with Crippen LogP contribution in [-0.4, -0.2) is 36.5 Å². The van der Waals surface area contributed by atoms with Gasteiger partial charge in [-0.3, -0.25) is 4.98 Å². The summed E-state index contributed by atoms with van der Waals surface area (Å²) in [5, 5.41) is 0. The van der Waals surface area contributed by atoms with Crippen LogP contribution in [0.2, 0.25) is 0 Å². The van der Waals surface area contributed by atoms with E-state index < -0.39 is 28.8 Å². The van der Waals surface area contributed by atoms with Gasteiger partial charge in [0.25, 0.3) is 0 Å². The van der Waals surface area contributed by atoms with Crippen molar-refractivity contribution >= 4 is 26.0 Å². The lowest BCUT2D eigenvalue weighted by atomic mass is 10.2. The fourth-order valence-corrected chi connectivity index (χ4v) is 4.22. The van der Waals surface area contributed by atoms with Crippen LogP contribution < -0.4 is 0 Å². The number of hydrogen-bond donors (Lipinski definition) is 0. The van der Waals surface area contributed by atoms with Crippen LogP contribution in [0.1, 0.15) is 26.7 Å². The molecule has 1 aromatic heterocycles. The first-order valence-electron chi connectivity index (χ1n) is 6.31. The third-order valence-corrected chi connectivity index (χ3v) is 5.27. The summed E-state index contributed by atoms with van der Waals surface area (Å²) in [6.45, 7) is 1.81. The lowest BCUT2D eigenvalue weighted by Gasteiger charge is -2.30. The third kappa shape index (κ3) is 4.93. The van der Waals surface area contributed by atoms with Crippen LogP contribution in [0.5, 0.6) is 0 Å². The maximum Gasteiger partial charge on any atom is 0.402 e. The van der Waals surface area contributed by atoms with Crippen molar-refractivity contribution in [2.24, 2.45) is 0 Å². The molecule has 1 rings (SSSR count). The van der Waals surface area contributed by atoms with Crippen molar-refractivity contribution in [1.29, 1.82) is 0 Å². The molecule has 0 aliphatic carbocycles. The van der Waals surface area contributed by atoms with Gasteiger partial charge in [-0.05, 0) is 34.8 Å². The van der Waals surface area contributed by atoms with Crippen LogP contribution >= 0.6 is 15.9 Å². The minimum absolute atomic E-state index is 0.256. The molecule has 0 atom stereocenters. The van der Waals surface area contributed by atoms with Gasteiger partial charge >= 0.3 is 6.18 Å². The van der Waals surface area contributed by atoms with Gasteiger partial charge in [-0.2, -0.15) is 17.5 Å². The Morgan fingerprint density at radius 3 is 2.29 bits per heavy atom. The number of rotatable bonds is 6. The number of hydrogen-bond acceptors (Lipinski definition) is 3. The molecule has 0 saturated carbocycles. The average Bonchev–Trinajstić information content (AvgIpc) is 2.37. The molecule has 9 heteroatoms. The molecule has 0 aliphatic heterocycles. The number of halogens is 4. The van der Waals surface area contributed by atoms with E-state index in [9.17, 15) is 21.6 Å². The van der Waals surface area contributed by atoms with Crippen molar-refractivity contribution in [1.82, 2.24) is 9.29 Å². The van der Waals surface area contributed by atoms with Crippen LogP contribution in [0.25, 0.3) is 0 Å². The summed E-state index contributed by atoms with van der Waals surface area (Å²) in [7, 11) is -4.26. The monoisotopic (exact) mass is 388 g/mol. The maximum atomic E-state index is 12.7. The Morgan fingerprint density at radius 1 is 1.29 bits per heavy atom. The average molecular weight is 389 g/mol. The van der Waals surface area contributed by atoms with Gasteiger partial charge in [-0.15, -0.1) is 0 Å². The minimum atomic E-state index is -4.60. The fraction of sp³-hybridized carbons (Fsp3) is 0.583. The highest BCUT2D eigenvalue weighted by Gasteiger charge is 2.40. The molecule has 120 valence electrons. The number of sulfonamides is 1.